The third-order valence-corrected chi connectivity index (χ3v) is 1.19. The molecule has 6 heteroatoms. The molecule has 0 aromatic carbocycles. The molecular weight excluding hydrogens is 148 g/mol. The summed E-state index contributed by atoms with van der Waals surface area (Å²) in [5.41, 5.74) is 0.965. The first-order valence-corrected chi connectivity index (χ1v) is 2.73. The van der Waals surface area contributed by atoms with Crippen molar-refractivity contribution in [2.45, 2.75) is 0 Å². The quantitative estimate of drug-likeness (QED) is 0.504. The Kier molecular flexibility index (Phi) is 1.69. The first kappa shape index (κ1) is 7.42. The van der Waals surface area contributed by atoms with Crippen LogP contribution in [0.15, 0.2) is 18.3 Å². The maximum absolute atomic E-state index is 8.89. The van der Waals surface area contributed by atoms with E-state index in [4.69, 9.17) is 5.21 Å². The van der Waals surface area contributed by atoms with E-state index >= 15 is 0 Å². The summed E-state index contributed by atoms with van der Waals surface area (Å²) in [6, 6.07) is 3.46. The molecule has 0 fully saturated rings. The van der Waals surface area contributed by atoms with E-state index in [2.05, 4.69) is 15.3 Å². The summed E-state index contributed by atoms with van der Waals surface area (Å²) in [5.74, 6) is 0. The second kappa shape index (κ2) is 2.51. The first-order chi connectivity index (χ1) is 4.88. The van der Waals surface area contributed by atoms with Crippen molar-refractivity contribution in [1.29, 1.82) is 0 Å². The maximum Gasteiger partial charge on any atom is 0.219 e. The molecule has 0 amide bonds. The molecule has 0 spiro atoms. The zero-order valence-corrected chi connectivity index (χ0v) is 5.47. The summed E-state index contributed by atoms with van der Waals surface area (Å²) >= 11 is 0. The molecule has 0 saturated carbocycles. The minimum Gasteiger partial charge on any atom is -0.412 e. The molecule has 0 bridgehead atoms. The van der Waals surface area contributed by atoms with Gasteiger partial charge in [-0.2, -0.15) is 0 Å². The summed E-state index contributed by atoms with van der Waals surface area (Å²) in [7, 11) is 0. The molecule has 2 rings (SSSR count). The number of fused-ring (bicyclic) bond motifs is 1. The smallest absolute Gasteiger partial charge is 0.219 e. The predicted molar refractivity (Wildman–Crippen MR) is 36.1 cm³/mol. The summed E-state index contributed by atoms with van der Waals surface area (Å²) in [5, 5.41) is 15.9. The van der Waals surface area contributed by atoms with Gasteiger partial charge in [0.05, 0.1) is 0 Å². The number of nitrogens with zero attached hydrogens (tertiary/aromatic N) is 4. The van der Waals surface area contributed by atoms with Crippen LogP contribution in [0, 0.1) is 0 Å². The van der Waals surface area contributed by atoms with E-state index in [9.17, 15) is 0 Å². The van der Waals surface area contributed by atoms with Gasteiger partial charge in [-0.1, -0.05) is 4.85 Å². The molecule has 0 saturated heterocycles. The molecule has 2 aromatic rings. The highest BCUT2D eigenvalue weighted by molar-refractivity contribution is 5.68. The van der Waals surface area contributed by atoms with Crippen LogP contribution in [0.1, 0.15) is 0 Å². The van der Waals surface area contributed by atoms with Crippen molar-refractivity contribution in [3.63, 3.8) is 0 Å². The molecule has 11 heavy (non-hydrogen) atoms. The molecular formula is C5H6N4O2. The third kappa shape index (κ3) is 0.987. The van der Waals surface area contributed by atoms with E-state index in [1.807, 2.05) is 0 Å². The van der Waals surface area contributed by atoms with Crippen LogP contribution in [-0.2, 0) is 0 Å². The summed E-state index contributed by atoms with van der Waals surface area (Å²) in [4.78, 5) is 4.48. The monoisotopic (exact) mass is 154 g/mol. The fourth-order valence-electron chi connectivity index (χ4n) is 0.754. The lowest BCUT2D eigenvalue weighted by molar-refractivity contribution is 0.153. The van der Waals surface area contributed by atoms with Crippen molar-refractivity contribution < 1.29 is 10.7 Å². The van der Waals surface area contributed by atoms with Gasteiger partial charge in [0.15, 0.2) is 0 Å². The minimum atomic E-state index is 0. The van der Waals surface area contributed by atoms with E-state index in [-0.39, 0.29) is 5.48 Å². The normalized spacial score (nSPS) is 9.45. The van der Waals surface area contributed by atoms with E-state index < -0.39 is 0 Å². The molecule has 0 unspecified atom stereocenters. The number of hydrogen-bond acceptors (Lipinski definition) is 4. The average molecular weight is 154 g/mol. The second-order valence-corrected chi connectivity index (χ2v) is 1.83. The standard InChI is InChI=1S/C5H4N4O.H2O/c10-9-5-4(7-8-9)2-1-3-6-5;/h1-3,10H;1H2. The van der Waals surface area contributed by atoms with Crippen molar-refractivity contribution in [2.75, 3.05) is 0 Å². The van der Waals surface area contributed by atoms with Crippen LogP contribution in [0.2, 0.25) is 0 Å². The molecule has 2 heterocycles. The van der Waals surface area contributed by atoms with Gasteiger partial charge in [-0.15, -0.1) is 5.10 Å². The minimum absolute atomic E-state index is 0. The Bertz CT molecular complexity index is 358. The maximum atomic E-state index is 8.89. The highest BCUT2D eigenvalue weighted by atomic mass is 16.5. The number of rotatable bonds is 0. The Morgan fingerprint density at radius 2 is 2.27 bits per heavy atom. The zero-order chi connectivity index (χ0) is 6.97. The van der Waals surface area contributed by atoms with Crippen LogP contribution in [-0.4, -0.2) is 30.8 Å². The van der Waals surface area contributed by atoms with Gasteiger partial charge in [-0.05, 0) is 17.3 Å². The Morgan fingerprint density at radius 3 is 3.00 bits per heavy atom. The Hall–Kier alpha value is -1.69. The average Bonchev–Trinajstić information content (AvgIpc) is 2.34. The molecule has 3 N–H and O–H groups in total. The molecule has 2 aromatic heterocycles. The first-order valence-electron chi connectivity index (χ1n) is 2.73. The van der Waals surface area contributed by atoms with Crippen LogP contribution in [0.25, 0.3) is 11.2 Å². The fourth-order valence-corrected chi connectivity index (χ4v) is 0.754. The van der Waals surface area contributed by atoms with Gasteiger partial charge in [0.1, 0.15) is 5.52 Å². The summed E-state index contributed by atoms with van der Waals surface area (Å²) in [6.07, 6.45) is 1.57. The largest absolute Gasteiger partial charge is 0.412 e. The van der Waals surface area contributed by atoms with Crippen LogP contribution in [0.3, 0.4) is 0 Å². The summed E-state index contributed by atoms with van der Waals surface area (Å²) < 4.78 is 0. The molecule has 0 aliphatic heterocycles. The number of aromatic nitrogens is 4. The van der Waals surface area contributed by atoms with Gasteiger partial charge < -0.3 is 10.7 Å². The van der Waals surface area contributed by atoms with Crippen LogP contribution in [0.5, 0.6) is 0 Å². The van der Waals surface area contributed by atoms with Crippen LogP contribution < -0.4 is 0 Å². The van der Waals surface area contributed by atoms with Crippen molar-refractivity contribution in [3.8, 4) is 0 Å². The molecule has 6 nitrogen and oxygen atoms in total. The van der Waals surface area contributed by atoms with E-state index in [1.165, 1.54) is 0 Å². The predicted octanol–water partition coefficient (Wildman–Crippen LogP) is -0.761. The van der Waals surface area contributed by atoms with Gasteiger partial charge in [0, 0.05) is 6.20 Å². The Labute approximate surface area is 61.4 Å². The number of hydrogen-bond donors (Lipinski definition) is 1. The second-order valence-electron chi connectivity index (χ2n) is 1.83. The van der Waals surface area contributed by atoms with Gasteiger partial charge in [0.2, 0.25) is 5.65 Å². The van der Waals surface area contributed by atoms with Crippen molar-refractivity contribution >= 4 is 11.2 Å². The number of pyridine rings is 1. The van der Waals surface area contributed by atoms with E-state index in [0.29, 0.717) is 16.0 Å². The fraction of sp³-hybridized carbons (Fsp3) is 0. The van der Waals surface area contributed by atoms with Gasteiger partial charge in [-0.3, -0.25) is 0 Å². The molecule has 0 radical (unpaired) electrons. The third-order valence-electron chi connectivity index (χ3n) is 1.19. The molecule has 58 valence electrons. The van der Waals surface area contributed by atoms with Crippen molar-refractivity contribution in [1.82, 2.24) is 20.1 Å². The Morgan fingerprint density at radius 1 is 1.45 bits per heavy atom. The van der Waals surface area contributed by atoms with E-state index in [1.54, 1.807) is 18.3 Å². The SMILES string of the molecule is O.On1nnc2cccnc21. The van der Waals surface area contributed by atoms with Gasteiger partial charge in [0.25, 0.3) is 0 Å². The van der Waals surface area contributed by atoms with E-state index in [0.717, 1.165) is 0 Å². The van der Waals surface area contributed by atoms with Crippen LogP contribution in [0.4, 0.5) is 0 Å². The summed E-state index contributed by atoms with van der Waals surface area (Å²) in [6.45, 7) is 0. The highest BCUT2D eigenvalue weighted by Crippen LogP contribution is 2.02. The van der Waals surface area contributed by atoms with Gasteiger partial charge in [-0.25, -0.2) is 4.98 Å². The van der Waals surface area contributed by atoms with Crippen molar-refractivity contribution in [2.24, 2.45) is 0 Å². The molecule has 0 atom stereocenters. The molecule has 0 aliphatic rings. The topological polar surface area (TPSA) is 95.3 Å². The lowest BCUT2D eigenvalue weighted by Crippen LogP contribution is -1.92. The zero-order valence-electron chi connectivity index (χ0n) is 5.47. The highest BCUT2D eigenvalue weighted by Gasteiger charge is 2.00. The Balaban J connectivity index is 0.000000605. The molecule has 0 aliphatic carbocycles. The van der Waals surface area contributed by atoms with Crippen molar-refractivity contribution in [3.05, 3.63) is 18.3 Å². The van der Waals surface area contributed by atoms with Crippen LogP contribution >= 0.6 is 0 Å². The lowest BCUT2D eigenvalue weighted by atomic mass is 10.4. The van der Waals surface area contributed by atoms with Gasteiger partial charge >= 0.3 is 0 Å². The lowest BCUT2D eigenvalue weighted by Gasteiger charge is -1.85.